The van der Waals surface area contributed by atoms with Gasteiger partial charge in [-0.1, -0.05) is 26.0 Å². The van der Waals surface area contributed by atoms with Crippen LogP contribution >= 0.6 is 0 Å². The van der Waals surface area contributed by atoms with Gasteiger partial charge in [-0.3, -0.25) is 4.79 Å². The minimum absolute atomic E-state index is 0.149. The van der Waals surface area contributed by atoms with Gasteiger partial charge in [-0.25, -0.2) is 0 Å². The maximum absolute atomic E-state index is 12.3. The summed E-state index contributed by atoms with van der Waals surface area (Å²) in [6.07, 6.45) is -0.550. The van der Waals surface area contributed by atoms with Crippen LogP contribution in [0.5, 0.6) is 0 Å². The predicted octanol–water partition coefficient (Wildman–Crippen LogP) is 3.33. The van der Waals surface area contributed by atoms with E-state index in [-0.39, 0.29) is 12.5 Å². The third-order valence-electron chi connectivity index (χ3n) is 4.05. The van der Waals surface area contributed by atoms with Crippen LogP contribution in [0.15, 0.2) is 30.3 Å². The highest BCUT2D eigenvalue weighted by Crippen LogP contribution is 2.23. The summed E-state index contributed by atoms with van der Waals surface area (Å²) in [5, 5.41) is 12.1. The number of nitrogens with one attached hydrogen (secondary N) is 1. The van der Waals surface area contributed by atoms with E-state index in [1.165, 1.54) is 5.56 Å². The molecule has 0 saturated carbocycles. The van der Waals surface area contributed by atoms with Gasteiger partial charge in [-0.2, -0.15) is 0 Å². The highest BCUT2D eigenvalue weighted by Gasteiger charge is 2.16. The van der Waals surface area contributed by atoms with E-state index < -0.39 is 6.10 Å². The van der Waals surface area contributed by atoms with Crippen molar-refractivity contribution in [3.8, 4) is 5.69 Å². The number of amides is 1. The molecule has 2 N–H and O–H groups in total. The largest absolute Gasteiger partial charge is 0.392 e. The van der Waals surface area contributed by atoms with Gasteiger partial charge in [0.15, 0.2) is 0 Å². The Kier molecular flexibility index (Phi) is 5.26. The Morgan fingerprint density at radius 1 is 1.17 bits per heavy atom. The van der Waals surface area contributed by atoms with Crippen molar-refractivity contribution in [3.05, 3.63) is 52.8 Å². The van der Waals surface area contributed by atoms with Gasteiger partial charge in [0.25, 0.3) is 5.91 Å². The van der Waals surface area contributed by atoms with E-state index in [0.717, 1.165) is 17.1 Å². The molecule has 23 heavy (non-hydrogen) atoms. The summed E-state index contributed by atoms with van der Waals surface area (Å²) in [7, 11) is 0. The van der Waals surface area contributed by atoms with Crippen molar-refractivity contribution in [1.82, 2.24) is 9.88 Å². The van der Waals surface area contributed by atoms with Gasteiger partial charge >= 0.3 is 0 Å². The molecular formula is C19H26N2O2. The maximum atomic E-state index is 12.3. The number of carbonyl (C=O) groups is 1. The molecule has 1 atom stereocenters. The molecule has 2 rings (SSSR count). The van der Waals surface area contributed by atoms with E-state index in [4.69, 9.17) is 0 Å². The summed E-state index contributed by atoms with van der Waals surface area (Å²) < 4.78 is 2.08. The fraction of sp³-hybridized carbons (Fsp3) is 0.421. The quantitative estimate of drug-likeness (QED) is 0.889. The van der Waals surface area contributed by atoms with Gasteiger partial charge in [0.05, 0.1) is 11.7 Å². The normalized spacial score (nSPS) is 12.5. The first kappa shape index (κ1) is 17.3. The number of nitrogens with zero attached hydrogens (tertiary/aromatic N) is 1. The van der Waals surface area contributed by atoms with Crippen LogP contribution in [0.25, 0.3) is 5.69 Å². The second kappa shape index (κ2) is 7.01. The van der Waals surface area contributed by atoms with Crippen LogP contribution in [-0.4, -0.2) is 28.2 Å². The van der Waals surface area contributed by atoms with Gasteiger partial charge < -0.3 is 15.0 Å². The number of carbonyl (C=O) groups excluding carboxylic acids is 1. The van der Waals surface area contributed by atoms with Gasteiger partial charge in [-0.05, 0) is 50.5 Å². The molecule has 1 heterocycles. The Morgan fingerprint density at radius 2 is 1.78 bits per heavy atom. The van der Waals surface area contributed by atoms with Gasteiger partial charge in [-0.15, -0.1) is 0 Å². The number of aromatic nitrogens is 1. The highest BCUT2D eigenvalue weighted by atomic mass is 16.3. The predicted molar refractivity (Wildman–Crippen MR) is 93.3 cm³/mol. The number of aryl methyl sites for hydroxylation is 1. The maximum Gasteiger partial charge on any atom is 0.253 e. The second-order valence-corrected chi connectivity index (χ2v) is 6.43. The summed E-state index contributed by atoms with van der Waals surface area (Å²) >= 11 is 0. The van der Waals surface area contributed by atoms with E-state index in [1.807, 2.05) is 19.9 Å². The SMILES string of the molecule is Cc1cc(C(=O)NCC(C)O)c(C)n1-c1ccc(C(C)C)cc1. The van der Waals surface area contributed by atoms with Crippen LogP contribution < -0.4 is 5.32 Å². The molecule has 4 nitrogen and oxygen atoms in total. The van der Waals surface area contributed by atoms with Crippen molar-refractivity contribution in [2.24, 2.45) is 0 Å². The molecule has 1 unspecified atom stereocenters. The third kappa shape index (κ3) is 3.82. The van der Waals surface area contributed by atoms with Crippen LogP contribution in [0.3, 0.4) is 0 Å². The summed E-state index contributed by atoms with van der Waals surface area (Å²) in [5.74, 6) is 0.349. The first-order valence-corrected chi connectivity index (χ1v) is 8.06. The number of hydrogen-bond donors (Lipinski definition) is 2. The lowest BCUT2D eigenvalue weighted by Gasteiger charge is -2.12. The fourth-order valence-electron chi connectivity index (χ4n) is 2.73. The lowest BCUT2D eigenvalue weighted by molar-refractivity contribution is 0.0923. The zero-order chi connectivity index (χ0) is 17.1. The molecule has 1 amide bonds. The molecule has 0 aliphatic rings. The van der Waals surface area contributed by atoms with Crippen molar-refractivity contribution in [3.63, 3.8) is 0 Å². The lowest BCUT2D eigenvalue weighted by Crippen LogP contribution is -2.30. The summed E-state index contributed by atoms with van der Waals surface area (Å²) in [6, 6.07) is 10.3. The molecule has 2 aromatic rings. The molecule has 0 aliphatic heterocycles. The van der Waals surface area contributed by atoms with Crippen molar-refractivity contribution in [1.29, 1.82) is 0 Å². The topological polar surface area (TPSA) is 54.3 Å². The van der Waals surface area contributed by atoms with Crippen molar-refractivity contribution < 1.29 is 9.90 Å². The first-order valence-electron chi connectivity index (χ1n) is 8.06. The van der Waals surface area contributed by atoms with Crippen LogP contribution in [0, 0.1) is 13.8 Å². The molecular weight excluding hydrogens is 288 g/mol. The first-order chi connectivity index (χ1) is 10.8. The van der Waals surface area contributed by atoms with Gasteiger partial charge in [0.2, 0.25) is 0 Å². The third-order valence-corrected chi connectivity index (χ3v) is 4.05. The molecule has 0 radical (unpaired) electrons. The molecule has 0 spiro atoms. The van der Waals surface area contributed by atoms with Crippen molar-refractivity contribution >= 4 is 5.91 Å². The molecule has 4 heteroatoms. The Hall–Kier alpha value is -2.07. The van der Waals surface area contributed by atoms with Gasteiger partial charge in [0, 0.05) is 23.6 Å². The van der Waals surface area contributed by atoms with E-state index in [0.29, 0.717) is 11.5 Å². The summed E-state index contributed by atoms with van der Waals surface area (Å²) in [4.78, 5) is 12.3. The molecule has 124 valence electrons. The number of rotatable bonds is 5. The Balaban J connectivity index is 2.32. The fourth-order valence-corrected chi connectivity index (χ4v) is 2.73. The van der Waals surface area contributed by atoms with Gasteiger partial charge in [0.1, 0.15) is 0 Å². The van der Waals surface area contributed by atoms with Crippen molar-refractivity contribution in [2.75, 3.05) is 6.54 Å². The molecule has 1 aromatic heterocycles. The number of benzene rings is 1. The number of aliphatic hydroxyl groups excluding tert-OH is 1. The summed E-state index contributed by atoms with van der Waals surface area (Å²) in [6.45, 7) is 10.2. The highest BCUT2D eigenvalue weighted by molar-refractivity contribution is 5.95. The Bertz CT molecular complexity index is 682. The standard InChI is InChI=1S/C19H26N2O2/c1-12(2)16-6-8-17(9-7-16)21-13(3)10-18(15(21)5)19(23)20-11-14(4)22/h6-10,12,14,22H,11H2,1-5H3,(H,20,23). The number of aliphatic hydroxyl groups is 1. The molecule has 0 fully saturated rings. The van der Waals surface area contributed by atoms with Crippen LogP contribution in [0.1, 0.15) is 54.0 Å². The molecule has 0 saturated heterocycles. The minimum atomic E-state index is -0.550. The van der Waals surface area contributed by atoms with Crippen LogP contribution in [-0.2, 0) is 0 Å². The Labute approximate surface area is 138 Å². The zero-order valence-electron chi connectivity index (χ0n) is 14.6. The smallest absolute Gasteiger partial charge is 0.253 e. The average molecular weight is 314 g/mol. The monoisotopic (exact) mass is 314 g/mol. The molecule has 0 bridgehead atoms. The van der Waals surface area contributed by atoms with E-state index in [2.05, 4.69) is 48.0 Å². The minimum Gasteiger partial charge on any atom is -0.392 e. The number of hydrogen-bond acceptors (Lipinski definition) is 2. The van der Waals surface area contributed by atoms with E-state index in [9.17, 15) is 9.90 Å². The Morgan fingerprint density at radius 3 is 2.30 bits per heavy atom. The summed E-state index contributed by atoms with van der Waals surface area (Å²) in [5.41, 5.74) is 4.92. The van der Waals surface area contributed by atoms with Crippen LogP contribution in [0.2, 0.25) is 0 Å². The van der Waals surface area contributed by atoms with E-state index in [1.54, 1.807) is 6.92 Å². The van der Waals surface area contributed by atoms with E-state index >= 15 is 0 Å². The lowest BCUT2D eigenvalue weighted by atomic mass is 10.0. The zero-order valence-corrected chi connectivity index (χ0v) is 14.6. The molecule has 1 aromatic carbocycles. The average Bonchev–Trinajstić information content (AvgIpc) is 2.80. The second-order valence-electron chi connectivity index (χ2n) is 6.43. The van der Waals surface area contributed by atoms with Crippen molar-refractivity contribution in [2.45, 2.75) is 46.6 Å². The molecule has 0 aliphatic carbocycles. The van der Waals surface area contributed by atoms with Crippen LogP contribution in [0.4, 0.5) is 0 Å².